The Labute approximate surface area is 185 Å². The minimum atomic E-state index is -0.479. The van der Waals surface area contributed by atoms with Gasteiger partial charge >= 0.3 is 0 Å². The molecule has 4 nitrogen and oxygen atoms in total. The molecule has 1 fully saturated rings. The van der Waals surface area contributed by atoms with Crippen molar-refractivity contribution in [3.63, 3.8) is 0 Å². The van der Waals surface area contributed by atoms with E-state index in [4.69, 9.17) is 5.73 Å². The summed E-state index contributed by atoms with van der Waals surface area (Å²) in [6.07, 6.45) is 7.24. The third-order valence-corrected chi connectivity index (χ3v) is 7.37. The lowest BCUT2D eigenvalue weighted by molar-refractivity contribution is -0.140. The van der Waals surface area contributed by atoms with Gasteiger partial charge in [-0.05, 0) is 54.9 Å². The van der Waals surface area contributed by atoms with Gasteiger partial charge in [0.25, 0.3) is 0 Å². The quantitative estimate of drug-likeness (QED) is 0.788. The van der Waals surface area contributed by atoms with Gasteiger partial charge in [-0.15, -0.1) is 0 Å². The van der Waals surface area contributed by atoms with Crippen LogP contribution in [0.25, 0.3) is 6.08 Å². The van der Waals surface area contributed by atoms with Crippen LogP contribution in [0.2, 0.25) is 0 Å². The zero-order valence-electron chi connectivity index (χ0n) is 18.7. The number of amides is 2. The van der Waals surface area contributed by atoms with E-state index >= 15 is 0 Å². The van der Waals surface area contributed by atoms with E-state index in [1.54, 1.807) is 0 Å². The molecule has 0 aromatic heterocycles. The van der Waals surface area contributed by atoms with Crippen molar-refractivity contribution in [1.29, 1.82) is 0 Å². The number of benzene rings is 2. The number of nitrogens with zero attached hydrogens (tertiary/aromatic N) is 1. The average molecular weight is 417 g/mol. The van der Waals surface area contributed by atoms with Crippen LogP contribution in [0.4, 0.5) is 0 Å². The van der Waals surface area contributed by atoms with Gasteiger partial charge in [-0.1, -0.05) is 67.6 Å². The van der Waals surface area contributed by atoms with Gasteiger partial charge < -0.3 is 10.6 Å². The van der Waals surface area contributed by atoms with Gasteiger partial charge in [0.2, 0.25) is 11.8 Å². The van der Waals surface area contributed by atoms with E-state index in [0.29, 0.717) is 18.8 Å². The first kappa shape index (κ1) is 21.4. The van der Waals surface area contributed by atoms with E-state index in [9.17, 15) is 9.59 Å². The lowest BCUT2D eigenvalue weighted by atomic mass is 9.78. The number of allylic oxidation sites excluding steroid dienone is 1. The standard InChI is InChI=1S/C27H32N2O2/c1-18-24(20-9-5-4-6-10-20)15-21(25(30)29(18)3)11-7-8-19-12-13-22-16-27(2,26(28)31)17-23(22)14-19/h4-10,12-14,18,21,24H,11,15-17H2,1-3H3,(H2,28,31). The largest absolute Gasteiger partial charge is 0.369 e. The predicted molar refractivity (Wildman–Crippen MR) is 124 cm³/mol. The monoisotopic (exact) mass is 416 g/mol. The molecule has 1 aliphatic heterocycles. The van der Waals surface area contributed by atoms with E-state index in [0.717, 1.165) is 18.4 Å². The fourth-order valence-corrected chi connectivity index (χ4v) is 5.21. The topological polar surface area (TPSA) is 63.4 Å². The van der Waals surface area contributed by atoms with E-state index < -0.39 is 5.41 Å². The second-order valence-corrected chi connectivity index (χ2v) is 9.58. The molecule has 2 aromatic carbocycles. The molecule has 31 heavy (non-hydrogen) atoms. The minimum absolute atomic E-state index is 0.00441. The van der Waals surface area contributed by atoms with Crippen molar-refractivity contribution >= 4 is 17.9 Å². The summed E-state index contributed by atoms with van der Waals surface area (Å²) in [5.41, 5.74) is 9.96. The summed E-state index contributed by atoms with van der Waals surface area (Å²) in [5, 5.41) is 0. The number of carbonyl (C=O) groups is 2. The first-order valence-corrected chi connectivity index (χ1v) is 11.2. The summed E-state index contributed by atoms with van der Waals surface area (Å²) in [5.74, 6) is 0.349. The molecule has 2 aliphatic rings. The van der Waals surface area contributed by atoms with Crippen LogP contribution in [0.1, 0.15) is 54.9 Å². The van der Waals surface area contributed by atoms with Gasteiger partial charge in [0.15, 0.2) is 0 Å². The number of piperidine rings is 1. The molecule has 0 radical (unpaired) electrons. The first-order valence-electron chi connectivity index (χ1n) is 11.2. The van der Waals surface area contributed by atoms with Crippen LogP contribution >= 0.6 is 0 Å². The lowest BCUT2D eigenvalue weighted by Crippen LogP contribution is -2.47. The number of carbonyl (C=O) groups excluding carboxylic acids is 2. The maximum absolute atomic E-state index is 12.9. The SMILES string of the molecule is CC1C(c2ccccc2)CC(CC=Cc2ccc3c(c2)CC(C)(C(N)=O)C3)C(=O)N1C. The first-order chi connectivity index (χ1) is 14.8. The van der Waals surface area contributed by atoms with Crippen LogP contribution in [0.3, 0.4) is 0 Å². The molecule has 2 amide bonds. The number of likely N-dealkylation sites (tertiary alicyclic amines) is 1. The number of rotatable bonds is 5. The number of nitrogens with two attached hydrogens (primary N) is 1. The summed E-state index contributed by atoms with van der Waals surface area (Å²) in [6, 6.07) is 17.1. The van der Waals surface area contributed by atoms with Crippen molar-refractivity contribution in [2.24, 2.45) is 17.1 Å². The van der Waals surface area contributed by atoms with Crippen LogP contribution in [-0.2, 0) is 22.4 Å². The molecule has 162 valence electrons. The molecule has 4 atom stereocenters. The number of hydrogen-bond donors (Lipinski definition) is 1. The Morgan fingerprint density at radius 3 is 2.58 bits per heavy atom. The van der Waals surface area contributed by atoms with Crippen molar-refractivity contribution in [3.05, 3.63) is 76.9 Å². The second kappa shape index (κ2) is 8.33. The van der Waals surface area contributed by atoms with Crippen LogP contribution in [0.5, 0.6) is 0 Å². The molecule has 4 heteroatoms. The average Bonchev–Trinajstić information content (AvgIpc) is 3.11. The van der Waals surface area contributed by atoms with E-state index in [1.807, 2.05) is 24.9 Å². The Morgan fingerprint density at radius 2 is 1.87 bits per heavy atom. The van der Waals surface area contributed by atoms with Crippen molar-refractivity contribution in [2.45, 2.75) is 51.5 Å². The Balaban J connectivity index is 1.45. The normalized spacial score (nSPS) is 28.2. The highest BCUT2D eigenvalue weighted by Crippen LogP contribution is 2.38. The molecule has 1 aliphatic carbocycles. The molecular formula is C27H32N2O2. The van der Waals surface area contributed by atoms with Gasteiger partial charge in [-0.25, -0.2) is 0 Å². The van der Waals surface area contributed by atoms with E-state index in [-0.39, 0.29) is 23.8 Å². The summed E-state index contributed by atoms with van der Waals surface area (Å²) in [4.78, 5) is 26.6. The Kier molecular flexibility index (Phi) is 5.74. The summed E-state index contributed by atoms with van der Waals surface area (Å²) in [7, 11) is 1.93. The highest BCUT2D eigenvalue weighted by molar-refractivity contribution is 5.82. The van der Waals surface area contributed by atoms with Crippen molar-refractivity contribution in [3.8, 4) is 0 Å². The molecule has 1 heterocycles. The van der Waals surface area contributed by atoms with Crippen LogP contribution < -0.4 is 5.73 Å². The zero-order valence-corrected chi connectivity index (χ0v) is 18.7. The van der Waals surface area contributed by atoms with Crippen molar-refractivity contribution in [2.75, 3.05) is 7.05 Å². The van der Waals surface area contributed by atoms with Gasteiger partial charge in [0, 0.05) is 24.9 Å². The Hall–Kier alpha value is -2.88. The summed E-state index contributed by atoms with van der Waals surface area (Å²) >= 11 is 0. The molecule has 0 saturated carbocycles. The third kappa shape index (κ3) is 4.16. The summed E-state index contributed by atoms with van der Waals surface area (Å²) < 4.78 is 0. The Morgan fingerprint density at radius 1 is 1.16 bits per heavy atom. The van der Waals surface area contributed by atoms with Crippen LogP contribution in [0, 0.1) is 11.3 Å². The van der Waals surface area contributed by atoms with Crippen molar-refractivity contribution in [1.82, 2.24) is 4.90 Å². The van der Waals surface area contributed by atoms with E-state index in [2.05, 4.69) is 61.5 Å². The van der Waals surface area contributed by atoms with Gasteiger partial charge in [0.1, 0.15) is 0 Å². The maximum atomic E-state index is 12.9. The molecule has 0 spiro atoms. The molecule has 2 N–H and O–H groups in total. The van der Waals surface area contributed by atoms with Crippen molar-refractivity contribution < 1.29 is 9.59 Å². The van der Waals surface area contributed by atoms with Gasteiger partial charge in [-0.3, -0.25) is 9.59 Å². The molecule has 1 saturated heterocycles. The summed E-state index contributed by atoms with van der Waals surface area (Å²) in [6.45, 7) is 4.09. The maximum Gasteiger partial charge on any atom is 0.226 e. The lowest BCUT2D eigenvalue weighted by Gasteiger charge is -2.41. The van der Waals surface area contributed by atoms with E-state index in [1.165, 1.54) is 16.7 Å². The number of hydrogen-bond acceptors (Lipinski definition) is 2. The minimum Gasteiger partial charge on any atom is -0.369 e. The number of fused-ring (bicyclic) bond motifs is 1. The fourth-order valence-electron chi connectivity index (χ4n) is 5.21. The van der Waals surface area contributed by atoms with Crippen LogP contribution in [-0.4, -0.2) is 29.8 Å². The molecule has 0 bridgehead atoms. The predicted octanol–water partition coefficient (Wildman–Crippen LogP) is 4.33. The Bertz CT molecular complexity index is 1010. The smallest absolute Gasteiger partial charge is 0.226 e. The fraction of sp³-hybridized carbons (Fsp3) is 0.407. The van der Waals surface area contributed by atoms with Crippen LogP contribution in [0.15, 0.2) is 54.6 Å². The molecule has 4 rings (SSSR count). The molecule has 4 unspecified atom stereocenters. The highest BCUT2D eigenvalue weighted by atomic mass is 16.2. The van der Waals surface area contributed by atoms with Gasteiger partial charge in [0.05, 0.1) is 5.41 Å². The second-order valence-electron chi connectivity index (χ2n) is 9.58. The zero-order chi connectivity index (χ0) is 22.2. The molecule has 2 aromatic rings. The number of primary amides is 1. The number of likely N-dealkylation sites (N-methyl/N-ethyl adjacent to an activating group) is 1. The highest BCUT2D eigenvalue weighted by Gasteiger charge is 2.38. The van der Waals surface area contributed by atoms with Gasteiger partial charge in [-0.2, -0.15) is 0 Å². The molecular weight excluding hydrogens is 384 g/mol. The third-order valence-electron chi connectivity index (χ3n) is 7.37.